The summed E-state index contributed by atoms with van der Waals surface area (Å²) in [7, 11) is 0. The van der Waals surface area contributed by atoms with E-state index in [9.17, 15) is 18.4 Å². The Morgan fingerprint density at radius 2 is 1.67 bits per heavy atom. The van der Waals surface area contributed by atoms with Crippen molar-refractivity contribution < 1.29 is 13.6 Å². The molecular formula is C21H17F2N5O2. The molecule has 152 valence electrons. The zero-order valence-corrected chi connectivity index (χ0v) is 15.8. The lowest BCUT2D eigenvalue weighted by Crippen LogP contribution is -2.27. The second-order valence-corrected chi connectivity index (χ2v) is 6.67. The number of nitrogens with zero attached hydrogens (tertiary/aromatic N) is 4. The van der Waals surface area contributed by atoms with E-state index in [0.29, 0.717) is 16.7 Å². The third kappa shape index (κ3) is 4.09. The zero-order chi connectivity index (χ0) is 21.1. The number of aryl methyl sites for hydroxylation is 1. The van der Waals surface area contributed by atoms with Crippen molar-refractivity contribution >= 4 is 16.9 Å². The average molecular weight is 409 g/mol. The van der Waals surface area contributed by atoms with Crippen LogP contribution in [0, 0.1) is 11.6 Å². The number of rotatable bonds is 6. The van der Waals surface area contributed by atoms with Gasteiger partial charge in [-0.1, -0.05) is 12.1 Å². The molecule has 2 aromatic heterocycles. The molecule has 0 unspecified atom stereocenters. The summed E-state index contributed by atoms with van der Waals surface area (Å²) in [4.78, 5) is 29.1. The van der Waals surface area contributed by atoms with Crippen LogP contribution in [0.1, 0.15) is 12.0 Å². The van der Waals surface area contributed by atoms with Gasteiger partial charge in [0.1, 0.15) is 17.0 Å². The van der Waals surface area contributed by atoms with Gasteiger partial charge in [0.15, 0.2) is 5.65 Å². The molecule has 1 N–H and O–H groups in total. The van der Waals surface area contributed by atoms with Gasteiger partial charge >= 0.3 is 0 Å². The molecule has 0 atom stereocenters. The number of fused-ring (bicyclic) bond motifs is 1. The minimum atomic E-state index is -0.372. The second-order valence-electron chi connectivity index (χ2n) is 6.67. The fraction of sp³-hybridized carbons (Fsp3) is 0.143. The fourth-order valence-corrected chi connectivity index (χ4v) is 2.99. The van der Waals surface area contributed by atoms with Gasteiger partial charge < -0.3 is 5.32 Å². The van der Waals surface area contributed by atoms with Gasteiger partial charge in [0.2, 0.25) is 5.91 Å². The summed E-state index contributed by atoms with van der Waals surface area (Å²) in [6.07, 6.45) is 2.85. The number of aromatic nitrogens is 4. The standard InChI is InChI=1S/C21H17F2N5O2/c22-15-3-1-14(2-4-15)11-24-19(29)9-10-27-13-25-20-18(21(27)30)12-26-28(20)17-7-5-16(23)6-8-17/h1-8,12-13H,9-11H2,(H,24,29). The van der Waals surface area contributed by atoms with Gasteiger partial charge in [0.25, 0.3) is 5.56 Å². The molecule has 1 amide bonds. The molecule has 0 saturated heterocycles. The minimum absolute atomic E-state index is 0.0837. The summed E-state index contributed by atoms with van der Waals surface area (Å²) in [6.45, 7) is 0.425. The van der Waals surface area contributed by atoms with Crippen LogP contribution >= 0.6 is 0 Å². The topological polar surface area (TPSA) is 81.8 Å². The van der Waals surface area contributed by atoms with E-state index in [-0.39, 0.29) is 42.6 Å². The lowest BCUT2D eigenvalue weighted by atomic mass is 10.2. The van der Waals surface area contributed by atoms with Gasteiger partial charge in [-0.15, -0.1) is 0 Å². The van der Waals surface area contributed by atoms with Crippen molar-refractivity contribution in [2.24, 2.45) is 0 Å². The van der Waals surface area contributed by atoms with Crippen molar-refractivity contribution in [3.05, 3.63) is 88.6 Å². The predicted molar refractivity (Wildman–Crippen MR) is 106 cm³/mol. The van der Waals surface area contributed by atoms with E-state index in [0.717, 1.165) is 5.56 Å². The Morgan fingerprint density at radius 3 is 2.37 bits per heavy atom. The van der Waals surface area contributed by atoms with Crippen LogP contribution in [0.15, 0.2) is 65.8 Å². The molecule has 2 heterocycles. The molecule has 7 nitrogen and oxygen atoms in total. The summed E-state index contributed by atoms with van der Waals surface area (Å²) in [5, 5.41) is 7.20. The molecule has 0 aliphatic carbocycles. The summed E-state index contributed by atoms with van der Waals surface area (Å²) < 4.78 is 28.8. The maximum absolute atomic E-state index is 13.1. The lowest BCUT2D eigenvalue weighted by Gasteiger charge is -2.08. The van der Waals surface area contributed by atoms with Crippen molar-refractivity contribution in [1.82, 2.24) is 24.6 Å². The normalized spacial score (nSPS) is 11.0. The number of hydrogen-bond donors (Lipinski definition) is 1. The monoisotopic (exact) mass is 409 g/mol. The SMILES string of the molecule is O=C(CCn1cnc2c(cnn2-c2ccc(F)cc2)c1=O)NCc1ccc(F)cc1. The number of amides is 1. The highest BCUT2D eigenvalue weighted by molar-refractivity contribution is 5.76. The highest BCUT2D eigenvalue weighted by Gasteiger charge is 2.12. The molecule has 30 heavy (non-hydrogen) atoms. The quantitative estimate of drug-likeness (QED) is 0.531. The highest BCUT2D eigenvalue weighted by atomic mass is 19.1. The molecule has 0 aliphatic rings. The maximum atomic E-state index is 13.1. The van der Waals surface area contributed by atoms with Gasteiger partial charge in [-0.3, -0.25) is 14.2 Å². The first-order chi connectivity index (χ1) is 14.5. The van der Waals surface area contributed by atoms with Gasteiger partial charge in [-0.05, 0) is 42.0 Å². The number of carbonyl (C=O) groups excluding carboxylic acids is 1. The maximum Gasteiger partial charge on any atom is 0.264 e. The Labute approximate surface area is 169 Å². The summed E-state index contributed by atoms with van der Waals surface area (Å²) >= 11 is 0. The van der Waals surface area contributed by atoms with E-state index < -0.39 is 0 Å². The van der Waals surface area contributed by atoms with Crippen LogP contribution in [0.3, 0.4) is 0 Å². The molecule has 0 bridgehead atoms. The molecule has 2 aromatic carbocycles. The Morgan fingerprint density at radius 1 is 1.00 bits per heavy atom. The van der Waals surface area contributed by atoms with Crippen LogP contribution in [0.5, 0.6) is 0 Å². The fourth-order valence-electron chi connectivity index (χ4n) is 2.99. The number of benzene rings is 2. The first kappa shape index (κ1) is 19.4. The number of hydrogen-bond acceptors (Lipinski definition) is 4. The van der Waals surface area contributed by atoms with Crippen molar-refractivity contribution in [2.45, 2.75) is 19.5 Å². The smallest absolute Gasteiger partial charge is 0.264 e. The van der Waals surface area contributed by atoms with E-state index in [1.807, 2.05) is 0 Å². The molecule has 0 spiro atoms. The molecule has 4 aromatic rings. The highest BCUT2D eigenvalue weighted by Crippen LogP contribution is 2.14. The predicted octanol–water partition coefficient (Wildman–Crippen LogP) is 2.57. The van der Waals surface area contributed by atoms with Crippen LogP contribution in [0.4, 0.5) is 8.78 Å². The van der Waals surface area contributed by atoms with Gasteiger partial charge in [0.05, 0.1) is 18.2 Å². The molecule has 0 aliphatic heterocycles. The van der Waals surface area contributed by atoms with E-state index in [1.165, 1.54) is 46.0 Å². The Hall–Kier alpha value is -3.88. The zero-order valence-electron chi connectivity index (χ0n) is 15.8. The Balaban J connectivity index is 1.44. The molecule has 0 saturated carbocycles. The van der Waals surface area contributed by atoms with E-state index in [2.05, 4.69) is 15.4 Å². The average Bonchev–Trinajstić information content (AvgIpc) is 3.18. The Kier molecular flexibility index (Phi) is 5.34. The van der Waals surface area contributed by atoms with Crippen LogP contribution < -0.4 is 10.9 Å². The molecular weight excluding hydrogens is 392 g/mol. The minimum Gasteiger partial charge on any atom is -0.352 e. The van der Waals surface area contributed by atoms with E-state index in [4.69, 9.17) is 0 Å². The van der Waals surface area contributed by atoms with Gasteiger partial charge in [-0.2, -0.15) is 5.10 Å². The lowest BCUT2D eigenvalue weighted by molar-refractivity contribution is -0.121. The van der Waals surface area contributed by atoms with Crippen LogP contribution in [0.2, 0.25) is 0 Å². The van der Waals surface area contributed by atoms with Crippen molar-refractivity contribution in [3.8, 4) is 5.69 Å². The molecule has 9 heteroatoms. The first-order valence-corrected chi connectivity index (χ1v) is 9.21. The van der Waals surface area contributed by atoms with Gasteiger partial charge in [-0.25, -0.2) is 18.4 Å². The molecule has 0 fully saturated rings. The third-order valence-corrected chi connectivity index (χ3v) is 4.61. The van der Waals surface area contributed by atoms with Gasteiger partial charge in [0, 0.05) is 19.5 Å². The third-order valence-electron chi connectivity index (χ3n) is 4.61. The van der Waals surface area contributed by atoms with Crippen LogP contribution in [-0.4, -0.2) is 25.2 Å². The van der Waals surface area contributed by atoms with Crippen molar-refractivity contribution in [2.75, 3.05) is 0 Å². The second kappa shape index (κ2) is 8.24. The first-order valence-electron chi connectivity index (χ1n) is 9.21. The Bertz CT molecular complexity index is 1250. The summed E-state index contributed by atoms with van der Waals surface area (Å²) in [6, 6.07) is 11.5. The molecule has 4 rings (SSSR count). The summed E-state index contributed by atoms with van der Waals surface area (Å²) in [5.74, 6) is -0.952. The number of nitrogens with one attached hydrogen (secondary N) is 1. The van der Waals surface area contributed by atoms with Crippen LogP contribution in [0.25, 0.3) is 16.7 Å². The van der Waals surface area contributed by atoms with E-state index >= 15 is 0 Å². The number of halogens is 2. The number of carbonyl (C=O) groups is 1. The van der Waals surface area contributed by atoms with Crippen molar-refractivity contribution in [1.29, 1.82) is 0 Å². The van der Waals surface area contributed by atoms with E-state index in [1.54, 1.807) is 24.3 Å². The largest absolute Gasteiger partial charge is 0.352 e. The summed E-state index contributed by atoms with van der Waals surface area (Å²) in [5.41, 5.74) is 1.39. The van der Waals surface area contributed by atoms with Crippen LogP contribution in [-0.2, 0) is 17.9 Å². The molecule has 0 radical (unpaired) electrons. The van der Waals surface area contributed by atoms with Crippen molar-refractivity contribution in [3.63, 3.8) is 0 Å².